The summed E-state index contributed by atoms with van der Waals surface area (Å²) in [7, 11) is 1.70. The molecule has 6 heteroatoms. The molecule has 0 bridgehead atoms. The van der Waals surface area contributed by atoms with Crippen LogP contribution in [-0.2, 0) is 16.0 Å². The SMILES string of the molecule is COC1CC(N(C(C)=O)c2ccccc2)CCN1CCc1ccccc1F.Cl. The fourth-order valence-corrected chi connectivity index (χ4v) is 3.90. The lowest BCUT2D eigenvalue weighted by Crippen LogP contribution is -2.52. The number of hydrogen-bond acceptors (Lipinski definition) is 3. The average molecular weight is 407 g/mol. The van der Waals surface area contributed by atoms with Crippen molar-refractivity contribution in [2.24, 2.45) is 0 Å². The molecule has 1 saturated heterocycles. The van der Waals surface area contributed by atoms with Gasteiger partial charge in [-0.2, -0.15) is 0 Å². The Kier molecular flexibility index (Phi) is 8.42. The van der Waals surface area contributed by atoms with Crippen LogP contribution in [0.2, 0.25) is 0 Å². The van der Waals surface area contributed by atoms with Gasteiger partial charge in [0.05, 0.1) is 0 Å². The number of halogens is 2. The first-order valence-electron chi connectivity index (χ1n) is 9.45. The first-order chi connectivity index (χ1) is 13.1. The number of carbonyl (C=O) groups is 1. The van der Waals surface area contributed by atoms with E-state index in [-0.39, 0.29) is 36.4 Å². The summed E-state index contributed by atoms with van der Waals surface area (Å²) >= 11 is 0. The molecular formula is C22H28ClFN2O2. The number of benzene rings is 2. The predicted octanol–water partition coefficient (Wildman–Crippen LogP) is 4.28. The molecule has 152 valence electrons. The van der Waals surface area contributed by atoms with Crippen LogP contribution in [0.15, 0.2) is 54.6 Å². The van der Waals surface area contributed by atoms with E-state index in [1.165, 1.54) is 6.07 Å². The highest BCUT2D eigenvalue weighted by Gasteiger charge is 2.33. The van der Waals surface area contributed by atoms with E-state index in [0.29, 0.717) is 6.42 Å². The number of nitrogens with zero attached hydrogens (tertiary/aromatic N) is 2. The first kappa shape index (κ1) is 22.3. The molecule has 1 amide bonds. The van der Waals surface area contributed by atoms with Crippen LogP contribution in [0.5, 0.6) is 0 Å². The summed E-state index contributed by atoms with van der Waals surface area (Å²) in [6.07, 6.45) is 2.17. The summed E-state index contributed by atoms with van der Waals surface area (Å²) in [6.45, 7) is 3.16. The molecule has 2 aromatic rings. The van der Waals surface area contributed by atoms with E-state index in [4.69, 9.17) is 4.74 Å². The van der Waals surface area contributed by atoms with Gasteiger partial charge in [-0.15, -0.1) is 12.4 Å². The minimum atomic E-state index is -0.159. The lowest BCUT2D eigenvalue weighted by atomic mass is 9.99. The minimum Gasteiger partial charge on any atom is -0.366 e. The van der Waals surface area contributed by atoms with Crippen molar-refractivity contribution in [1.82, 2.24) is 4.90 Å². The third kappa shape index (κ3) is 5.31. The lowest BCUT2D eigenvalue weighted by molar-refractivity contribution is -0.118. The molecule has 3 rings (SSSR count). The highest BCUT2D eigenvalue weighted by atomic mass is 35.5. The van der Waals surface area contributed by atoms with Crippen LogP contribution in [0.1, 0.15) is 25.3 Å². The number of para-hydroxylation sites is 1. The molecule has 2 unspecified atom stereocenters. The highest BCUT2D eigenvalue weighted by molar-refractivity contribution is 5.92. The maximum atomic E-state index is 13.9. The van der Waals surface area contributed by atoms with Gasteiger partial charge in [0, 0.05) is 45.3 Å². The zero-order valence-corrected chi connectivity index (χ0v) is 17.2. The molecule has 1 aliphatic rings. The Morgan fingerprint density at radius 3 is 2.50 bits per heavy atom. The highest BCUT2D eigenvalue weighted by Crippen LogP contribution is 2.27. The Labute approximate surface area is 172 Å². The van der Waals surface area contributed by atoms with Gasteiger partial charge >= 0.3 is 0 Å². The molecule has 2 atom stereocenters. The third-order valence-corrected chi connectivity index (χ3v) is 5.27. The molecule has 0 radical (unpaired) electrons. The monoisotopic (exact) mass is 406 g/mol. The molecule has 4 nitrogen and oxygen atoms in total. The second kappa shape index (κ2) is 10.6. The van der Waals surface area contributed by atoms with Crippen LogP contribution < -0.4 is 4.90 Å². The number of carbonyl (C=O) groups excluding carboxylic acids is 1. The molecule has 2 aromatic carbocycles. The predicted molar refractivity (Wildman–Crippen MR) is 112 cm³/mol. The molecule has 0 spiro atoms. The number of ether oxygens (including phenoxy) is 1. The van der Waals surface area contributed by atoms with E-state index in [1.807, 2.05) is 47.4 Å². The Bertz CT molecular complexity index is 759. The van der Waals surface area contributed by atoms with Crippen LogP contribution in [0, 0.1) is 5.82 Å². The smallest absolute Gasteiger partial charge is 0.224 e. The molecule has 0 N–H and O–H groups in total. The van der Waals surface area contributed by atoms with E-state index in [9.17, 15) is 9.18 Å². The van der Waals surface area contributed by atoms with Gasteiger partial charge in [0.15, 0.2) is 0 Å². The summed E-state index contributed by atoms with van der Waals surface area (Å²) < 4.78 is 19.6. The zero-order chi connectivity index (χ0) is 19.2. The summed E-state index contributed by atoms with van der Waals surface area (Å²) in [6, 6.07) is 16.8. The minimum absolute atomic E-state index is 0. The number of amides is 1. The molecule has 28 heavy (non-hydrogen) atoms. The molecule has 1 heterocycles. The topological polar surface area (TPSA) is 32.8 Å². The van der Waals surface area contributed by atoms with E-state index < -0.39 is 0 Å². The van der Waals surface area contributed by atoms with Crippen LogP contribution in [0.25, 0.3) is 0 Å². The van der Waals surface area contributed by atoms with Crippen LogP contribution in [-0.4, -0.2) is 43.3 Å². The van der Waals surface area contributed by atoms with Crippen LogP contribution in [0.3, 0.4) is 0 Å². The van der Waals surface area contributed by atoms with Gasteiger partial charge in [-0.1, -0.05) is 36.4 Å². The second-order valence-corrected chi connectivity index (χ2v) is 6.97. The van der Waals surface area contributed by atoms with Gasteiger partial charge in [-0.05, 0) is 36.6 Å². The summed E-state index contributed by atoms with van der Waals surface area (Å²) in [5.74, 6) is -0.117. The maximum Gasteiger partial charge on any atom is 0.224 e. The van der Waals surface area contributed by atoms with Gasteiger partial charge in [0.1, 0.15) is 12.0 Å². The summed E-state index contributed by atoms with van der Waals surface area (Å²) in [5.41, 5.74) is 1.65. The molecular weight excluding hydrogens is 379 g/mol. The van der Waals surface area contributed by atoms with E-state index in [1.54, 1.807) is 20.1 Å². The van der Waals surface area contributed by atoms with Crippen molar-refractivity contribution in [2.45, 2.75) is 38.5 Å². The Balaban J connectivity index is 0.00000280. The quantitative estimate of drug-likeness (QED) is 0.717. The summed E-state index contributed by atoms with van der Waals surface area (Å²) in [4.78, 5) is 16.4. The van der Waals surface area contributed by atoms with E-state index in [0.717, 1.165) is 37.2 Å². The Hall–Kier alpha value is -1.95. The number of anilines is 1. The van der Waals surface area contributed by atoms with Crippen LogP contribution in [0.4, 0.5) is 10.1 Å². The normalized spacial score (nSPS) is 19.7. The van der Waals surface area contributed by atoms with Crippen molar-refractivity contribution < 1.29 is 13.9 Å². The molecule has 1 aliphatic heterocycles. The van der Waals surface area contributed by atoms with E-state index in [2.05, 4.69) is 4.90 Å². The van der Waals surface area contributed by atoms with Gasteiger partial charge in [0.2, 0.25) is 5.91 Å². The number of rotatable bonds is 6. The zero-order valence-electron chi connectivity index (χ0n) is 16.4. The van der Waals surface area contributed by atoms with Crippen molar-refractivity contribution in [2.75, 3.05) is 25.1 Å². The number of methoxy groups -OCH3 is 1. The molecule has 0 aromatic heterocycles. The standard InChI is InChI=1S/C22H27FN2O2.ClH/c1-17(26)25(19-9-4-3-5-10-19)20-13-15-24(22(16-20)27-2)14-12-18-8-6-7-11-21(18)23;/h3-11,20,22H,12-16H2,1-2H3;1H. The number of likely N-dealkylation sites (tertiary alicyclic amines) is 1. The Morgan fingerprint density at radius 1 is 1.18 bits per heavy atom. The van der Waals surface area contributed by atoms with Crippen molar-refractivity contribution in [1.29, 1.82) is 0 Å². The van der Waals surface area contributed by atoms with Gasteiger partial charge in [0.25, 0.3) is 0 Å². The number of piperidine rings is 1. The van der Waals surface area contributed by atoms with Gasteiger partial charge < -0.3 is 9.64 Å². The molecule has 0 saturated carbocycles. The van der Waals surface area contributed by atoms with Crippen LogP contribution >= 0.6 is 12.4 Å². The van der Waals surface area contributed by atoms with Crippen molar-refractivity contribution in [3.63, 3.8) is 0 Å². The first-order valence-corrected chi connectivity index (χ1v) is 9.45. The Morgan fingerprint density at radius 2 is 1.86 bits per heavy atom. The van der Waals surface area contributed by atoms with Gasteiger partial charge in [-0.3, -0.25) is 9.69 Å². The average Bonchev–Trinajstić information content (AvgIpc) is 2.68. The lowest BCUT2D eigenvalue weighted by Gasteiger charge is -2.42. The molecule has 1 fully saturated rings. The largest absolute Gasteiger partial charge is 0.366 e. The van der Waals surface area contributed by atoms with Crippen molar-refractivity contribution in [3.8, 4) is 0 Å². The third-order valence-electron chi connectivity index (χ3n) is 5.27. The molecule has 0 aliphatic carbocycles. The van der Waals surface area contributed by atoms with Crippen molar-refractivity contribution in [3.05, 3.63) is 66.0 Å². The maximum absolute atomic E-state index is 13.9. The fraction of sp³-hybridized carbons (Fsp3) is 0.409. The fourth-order valence-electron chi connectivity index (χ4n) is 3.90. The van der Waals surface area contributed by atoms with Crippen molar-refractivity contribution >= 4 is 24.0 Å². The second-order valence-electron chi connectivity index (χ2n) is 6.97. The van der Waals surface area contributed by atoms with Gasteiger partial charge in [-0.25, -0.2) is 4.39 Å². The van der Waals surface area contributed by atoms with E-state index >= 15 is 0 Å². The summed E-state index contributed by atoms with van der Waals surface area (Å²) in [5, 5.41) is 0. The number of hydrogen-bond donors (Lipinski definition) is 0.